The number of halogens is 2. The van der Waals surface area contributed by atoms with E-state index in [-0.39, 0.29) is 62.4 Å². The number of piperidine rings is 1. The van der Waals surface area contributed by atoms with Crippen LogP contribution in [0.15, 0.2) is 0 Å². The summed E-state index contributed by atoms with van der Waals surface area (Å²) >= 11 is 0. The maximum Gasteiger partial charge on any atom is 0.251 e. The van der Waals surface area contributed by atoms with Gasteiger partial charge in [-0.2, -0.15) is 0 Å². The average Bonchev–Trinajstić information content (AvgIpc) is 3.09. The van der Waals surface area contributed by atoms with Crippen molar-refractivity contribution in [1.29, 1.82) is 0 Å². The number of hydrogen-bond acceptors (Lipinski definition) is 3. The summed E-state index contributed by atoms with van der Waals surface area (Å²) < 4.78 is 26.1. The van der Waals surface area contributed by atoms with E-state index in [4.69, 9.17) is 0 Å². The predicted molar refractivity (Wildman–Crippen MR) is 96.0 cm³/mol. The van der Waals surface area contributed by atoms with E-state index >= 15 is 0 Å². The molecule has 2 rings (SSSR count). The summed E-state index contributed by atoms with van der Waals surface area (Å²) in [6, 6.07) is -0.365. The fourth-order valence-corrected chi connectivity index (χ4v) is 3.09. The van der Waals surface area contributed by atoms with Gasteiger partial charge in [-0.05, 0) is 19.8 Å². The lowest BCUT2D eigenvalue weighted by molar-refractivity contribution is -0.142. The molecular formula is C19H32F2N2O3. The SMILES string of the molecule is CC(=O)[C@@H]1CCCN1C(=O)CCC(=O)N1CCC(F)(F)CC1.CCCC. The van der Waals surface area contributed by atoms with Crippen LogP contribution in [-0.2, 0) is 14.4 Å². The van der Waals surface area contributed by atoms with Gasteiger partial charge in [0.1, 0.15) is 0 Å². The first-order valence-electron chi connectivity index (χ1n) is 9.67. The van der Waals surface area contributed by atoms with Crippen LogP contribution >= 0.6 is 0 Å². The molecule has 2 aliphatic rings. The van der Waals surface area contributed by atoms with E-state index in [1.807, 2.05) is 0 Å². The van der Waals surface area contributed by atoms with Gasteiger partial charge in [0.15, 0.2) is 5.78 Å². The molecule has 0 radical (unpaired) electrons. The molecule has 150 valence electrons. The Labute approximate surface area is 155 Å². The number of nitrogens with zero attached hydrogens (tertiary/aromatic N) is 2. The lowest BCUT2D eigenvalue weighted by atomic mass is 10.1. The fraction of sp³-hybridized carbons (Fsp3) is 0.842. The minimum absolute atomic E-state index is 0.0194. The quantitative estimate of drug-likeness (QED) is 0.741. The average molecular weight is 374 g/mol. The Morgan fingerprint density at radius 1 is 0.962 bits per heavy atom. The van der Waals surface area contributed by atoms with Crippen LogP contribution < -0.4 is 0 Å². The molecule has 26 heavy (non-hydrogen) atoms. The smallest absolute Gasteiger partial charge is 0.251 e. The molecule has 2 amide bonds. The molecule has 1 atom stereocenters. The largest absolute Gasteiger partial charge is 0.342 e. The third-order valence-electron chi connectivity index (χ3n) is 4.94. The van der Waals surface area contributed by atoms with Gasteiger partial charge in [0.25, 0.3) is 5.92 Å². The van der Waals surface area contributed by atoms with Gasteiger partial charge in [-0.15, -0.1) is 0 Å². The van der Waals surface area contributed by atoms with Crippen molar-refractivity contribution in [2.24, 2.45) is 0 Å². The van der Waals surface area contributed by atoms with Crippen molar-refractivity contribution < 1.29 is 23.2 Å². The maximum atomic E-state index is 13.0. The van der Waals surface area contributed by atoms with E-state index < -0.39 is 5.92 Å². The Hall–Kier alpha value is -1.53. The standard InChI is InChI=1S/C15H22F2N2O3.C4H10/c1-11(20)12-3-2-8-19(12)14(22)5-4-13(21)18-9-6-15(16,17)7-10-18;1-3-4-2/h12H,2-10H2,1H3;3-4H2,1-2H3/t12-;/m0./s1. The van der Waals surface area contributed by atoms with E-state index in [0.29, 0.717) is 13.0 Å². The summed E-state index contributed by atoms with van der Waals surface area (Å²) in [5.74, 6) is -3.18. The number of ketones is 1. The first-order chi connectivity index (χ1) is 12.2. The molecule has 2 heterocycles. The zero-order valence-corrected chi connectivity index (χ0v) is 16.2. The van der Waals surface area contributed by atoms with Gasteiger partial charge in [-0.3, -0.25) is 14.4 Å². The van der Waals surface area contributed by atoms with E-state index in [1.165, 1.54) is 24.7 Å². The lowest BCUT2D eigenvalue weighted by Crippen LogP contribution is -2.43. The second kappa shape index (κ2) is 10.6. The van der Waals surface area contributed by atoms with Crippen molar-refractivity contribution in [2.75, 3.05) is 19.6 Å². The molecule has 7 heteroatoms. The zero-order chi connectivity index (χ0) is 19.7. The lowest BCUT2D eigenvalue weighted by Gasteiger charge is -2.32. The van der Waals surface area contributed by atoms with Crippen molar-refractivity contribution in [3.8, 4) is 0 Å². The Kier molecular flexibility index (Phi) is 9.16. The van der Waals surface area contributed by atoms with E-state index in [0.717, 1.165) is 6.42 Å². The Morgan fingerprint density at radius 2 is 1.50 bits per heavy atom. The minimum Gasteiger partial charge on any atom is -0.342 e. The summed E-state index contributed by atoms with van der Waals surface area (Å²) in [7, 11) is 0. The molecule has 0 aromatic carbocycles. The first kappa shape index (κ1) is 22.5. The summed E-state index contributed by atoms with van der Waals surface area (Å²) in [5, 5.41) is 0. The molecular weight excluding hydrogens is 342 g/mol. The zero-order valence-electron chi connectivity index (χ0n) is 16.2. The van der Waals surface area contributed by atoms with Crippen LogP contribution in [0.4, 0.5) is 8.78 Å². The Balaban J connectivity index is 0.000000765. The molecule has 0 unspecified atom stereocenters. The van der Waals surface area contributed by atoms with Gasteiger partial charge in [0, 0.05) is 45.3 Å². The molecule has 2 fully saturated rings. The molecule has 0 spiro atoms. The molecule has 0 aromatic rings. The highest BCUT2D eigenvalue weighted by atomic mass is 19.3. The summed E-state index contributed by atoms with van der Waals surface area (Å²) in [6.45, 7) is 6.46. The van der Waals surface area contributed by atoms with Gasteiger partial charge >= 0.3 is 0 Å². The number of carbonyl (C=O) groups excluding carboxylic acids is 3. The predicted octanol–water partition coefficient (Wildman–Crippen LogP) is 3.41. The first-order valence-corrected chi connectivity index (χ1v) is 9.67. The monoisotopic (exact) mass is 374 g/mol. The normalized spacial score (nSPS) is 21.8. The highest BCUT2D eigenvalue weighted by molar-refractivity contribution is 5.89. The highest BCUT2D eigenvalue weighted by Crippen LogP contribution is 2.28. The second-order valence-electron chi connectivity index (χ2n) is 7.09. The minimum atomic E-state index is -2.68. The number of unbranched alkanes of at least 4 members (excludes halogenated alkanes) is 1. The van der Waals surface area contributed by atoms with Crippen molar-refractivity contribution in [3.63, 3.8) is 0 Å². The number of likely N-dealkylation sites (tertiary alicyclic amines) is 2. The number of alkyl halides is 2. The van der Waals surface area contributed by atoms with Gasteiger partial charge in [-0.25, -0.2) is 8.78 Å². The number of hydrogen-bond donors (Lipinski definition) is 0. The van der Waals surface area contributed by atoms with Crippen molar-refractivity contribution in [2.45, 2.75) is 84.1 Å². The van der Waals surface area contributed by atoms with Gasteiger partial charge < -0.3 is 9.80 Å². The van der Waals surface area contributed by atoms with Crippen LogP contribution in [0.3, 0.4) is 0 Å². The molecule has 2 aliphatic heterocycles. The molecule has 2 saturated heterocycles. The number of amides is 2. The number of rotatable bonds is 5. The van der Waals surface area contributed by atoms with E-state index in [1.54, 1.807) is 4.90 Å². The Morgan fingerprint density at radius 3 is 2.00 bits per heavy atom. The molecule has 0 N–H and O–H groups in total. The highest BCUT2D eigenvalue weighted by Gasteiger charge is 2.36. The van der Waals surface area contributed by atoms with E-state index in [9.17, 15) is 23.2 Å². The molecule has 0 saturated carbocycles. The van der Waals surface area contributed by atoms with Crippen molar-refractivity contribution in [1.82, 2.24) is 9.80 Å². The maximum absolute atomic E-state index is 13.0. The summed E-state index contributed by atoms with van der Waals surface area (Å²) in [5.41, 5.74) is 0. The molecule has 5 nitrogen and oxygen atoms in total. The number of Topliss-reactive ketones (excluding diaryl/α,β-unsaturated/α-hetero) is 1. The van der Waals surface area contributed by atoms with Crippen LogP contribution in [0.2, 0.25) is 0 Å². The third kappa shape index (κ3) is 7.00. The van der Waals surface area contributed by atoms with Crippen LogP contribution in [0.25, 0.3) is 0 Å². The molecule has 0 bridgehead atoms. The van der Waals surface area contributed by atoms with Gasteiger partial charge in [-0.1, -0.05) is 26.7 Å². The molecule has 0 aromatic heterocycles. The van der Waals surface area contributed by atoms with Crippen LogP contribution in [0, 0.1) is 0 Å². The van der Waals surface area contributed by atoms with E-state index in [2.05, 4.69) is 13.8 Å². The summed E-state index contributed by atoms with van der Waals surface area (Å²) in [6.07, 6.45) is 3.54. The van der Waals surface area contributed by atoms with Crippen LogP contribution in [0.5, 0.6) is 0 Å². The van der Waals surface area contributed by atoms with Crippen LogP contribution in [-0.4, -0.2) is 59.0 Å². The van der Waals surface area contributed by atoms with Gasteiger partial charge in [0.2, 0.25) is 11.8 Å². The molecule has 0 aliphatic carbocycles. The topological polar surface area (TPSA) is 57.7 Å². The van der Waals surface area contributed by atoms with Crippen molar-refractivity contribution in [3.05, 3.63) is 0 Å². The number of carbonyl (C=O) groups is 3. The van der Waals surface area contributed by atoms with Gasteiger partial charge in [0.05, 0.1) is 6.04 Å². The van der Waals surface area contributed by atoms with Crippen LogP contribution in [0.1, 0.15) is 72.1 Å². The fourth-order valence-electron chi connectivity index (χ4n) is 3.09. The summed E-state index contributed by atoms with van der Waals surface area (Å²) in [4.78, 5) is 38.5. The Bertz CT molecular complexity index is 485. The second-order valence-corrected chi connectivity index (χ2v) is 7.09. The third-order valence-corrected chi connectivity index (χ3v) is 4.94. The van der Waals surface area contributed by atoms with Crippen molar-refractivity contribution >= 4 is 17.6 Å².